The van der Waals surface area contributed by atoms with Gasteiger partial charge in [-0.1, -0.05) is 36.4 Å². The largest absolute Gasteiger partial charge is 0.377 e. The summed E-state index contributed by atoms with van der Waals surface area (Å²) >= 11 is 0. The lowest BCUT2D eigenvalue weighted by atomic mass is 9.93. The molecule has 1 atom stereocenters. The summed E-state index contributed by atoms with van der Waals surface area (Å²) in [4.78, 5) is 19.7. The fraction of sp³-hybridized carbons (Fsp3) is 0.435. The van der Waals surface area contributed by atoms with Gasteiger partial charge in [-0.2, -0.15) is 0 Å². The van der Waals surface area contributed by atoms with Crippen LogP contribution in [0.1, 0.15) is 46.8 Å². The molecular formula is C23H31N3O. The Morgan fingerprint density at radius 1 is 1.00 bits per heavy atom. The highest BCUT2D eigenvalue weighted by Gasteiger charge is 2.30. The molecule has 0 radical (unpaired) electrons. The van der Waals surface area contributed by atoms with Crippen LogP contribution in [0.4, 0.5) is 5.69 Å². The normalized spacial score (nSPS) is 17.2. The molecule has 1 amide bonds. The Hall–Kier alpha value is -2.33. The number of carbonyl (C=O) groups excluding carboxylic acids is 1. The maximum absolute atomic E-state index is 13.4. The molecule has 0 saturated carbocycles. The number of anilines is 1. The maximum atomic E-state index is 13.4. The number of benzene rings is 2. The van der Waals surface area contributed by atoms with Gasteiger partial charge in [-0.15, -0.1) is 0 Å². The molecule has 4 heteroatoms. The average molecular weight is 366 g/mol. The molecule has 0 bridgehead atoms. The van der Waals surface area contributed by atoms with Gasteiger partial charge in [0.2, 0.25) is 0 Å². The molecule has 4 nitrogen and oxygen atoms in total. The van der Waals surface area contributed by atoms with Gasteiger partial charge in [-0.05, 0) is 56.6 Å². The second kappa shape index (κ2) is 8.57. The van der Waals surface area contributed by atoms with E-state index in [2.05, 4.69) is 48.2 Å². The average Bonchev–Trinajstić information content (AvgIpc) is 2.67. The van der Waals surface area contributed by atoms with Gasteiger partial charge in [0.1, 0.15) is 0 Å². The van der Waals surface area contributed by atoms with Gasteiger partial charge in [0, 0.05) is 32.9 Å². The van der Waals surface area contributed by atoms with Crippen molar-refractivity contribution in [3.63, 3.8) is 0 Å². The summed E-state index contributed by atoms with van der Waals surface area (Å²) in [6, 6.07) is 16.9. The van der Waals surface area contributed by atoms with Crippen molar-refractivity contribution >= 4 is 11.6 Å². The Balaban J connectivity index is 1.86. The number of nitrogens with zero attached hydrogens (tertiary/aromatic N) is 3. The number of hydrogen-bond donors (Lipinski definition) is 0. The summed E-state index contributed by atoms with van der Waals surface area (Å²) in [5.74, 6) is 0.140. The highest BCUT2D eigenvalue weighted by molar-refractivity contribution is 6.00. The summed E-state index contributed by atoms with van der Waals surface area (Å²) < 4.78 is 0. The van der Waals surface area contributed by atoms with E-state index in [4.69, 9.17) is 0 Å². The Labute approximate surface area is 163 Å². The van der Waals surface area contributed by atoms with Gasteiger partial charge < -0.3 is 14.7 Å². The number of amides is 1. The molecule has 0 aromatic heterocycles. The van der Waals surface area contributed by atoms with E-state index in [-0.39, 0.29) is 11.9 Å². The van der Waals surface area contributed by atoms with E-state index in [9.17, 15) is 4.79 Å². The smallest absolute Gasteiger partial charge is 0.256 e. The summed E-state index contributed by atoms with van der Waals surface area (Å²) in [6.07, 6.45) is 3.28. The molecule has 1 aliphatic rings. The summed E-state index contributed by atoms with van der Waals surface area (Å²) in [6.45, 7) is 1.76. The van der Waals surface area contributed by atoms with Crippen molar-refractivity contribution in [2.45, 2.75) is 31.8 Å². The van der Waals surface area contributed by atoms with E-state index >= 15 is 0 Å². The highest BCUT2D eigenvalue weighted by atomic mass is 16.2. The van der Waals surface area contributed by atoms with Crippen LogP contribution in [-0.4, -0.2) is 50.4 Å². The number of rotatable bonds is 5. The molecule has 1 aliphatic heterocycles. The second-order valence-corrected chi connectivity index (χ2v) is 7.90. The molecule has 144 valence electrons. The Bertz CT molecular complexity index is 767. The maximum Gasteiger partial charge on any atom is 0.256 e. The molecule has 1 fully saturated rings. The van der Waals surface area contributed by atoms with Gasteiger partial charge in [-0.25, -0.2) is 0 Å². The minimum absolute atomic E-state index is 0.140. The number of para-hydroxylation sites is 1. The molecule has 2 aromatic carbocycles. The van der Waals surface area contributed by atoms with Gasteiger partial charge in [0.15, 0.2) is 0 Å². The van der Waals surface area contributed by atoms with Crippen molar-refractivity contribution in [1.29, 1.82) is 0 Å². The van der Waals surface area contributed by atoms with Crippen molar-refractivity contribution in [3.05, 3.63) is 65.2 Å². The summed E-state index contributed by atoms with van der Waals surface area (Å²) in [7, 11) is 8.14. The van der Waals surface area contributed by atoms with Crippen molar-refractivity contribution in [2.24, 2.45) is 0 Å². The third-order valence-electron chi connectivity index (χ3n) is 5.24. The Morgan fingerprint density at radius 3 is 2.37 bits per heavy atom. The van der Waals surface area contributed by atoms with Crippen LogP contribution in [0.2, 0.25) is 0 Å². The standard InChI is InChI=1S/C23H31N3O/c1-24(2)17-18-12-14-19(15-13-18)21-10-7-8-16-26(21)23(27)20-9-5-6-11-22(20)25(3)4/h5-6,9,11-15,21H,7-8,10,16-17H2,1-4H3/t21-/m0/s1. The molecule has 0 spiro atoms. The molecule has 0 unspecified atom stereocenters. The van der Waals surface area contributed by atoms with Crippen molar-refractivity contribution < 1.29 is 4.79 Å². The van der Waals surface area contributed by atoms with Crippen molar-refractivity contribution in [2.75, 3.05) is 39.6 Å². The lowest BCUT2D eigenvalue weighted by Gasteiger charge is -2.37. The first-order valence-electron chi connectivity index (χ1n) is 9.78. The van der Waals surface area contributed by atoms with Crippen LogP contribution in [0.15, 0.2) is 48.5 Å². The topological polar surface area (TPSA) is 26.8 Å². The van der Waals surface area contributed by atoms with E-state index < -0.39 is 0 Å². The third kappa shape index (κ3) is 4.51. The third-order valence-corrected chi connectivity index (χ3v) is 5.24. The molecule has 1 saturated heterocycles. The number of hydrogen-bond acceptors (Lipinski definition) is 3. The van der Waals surface area contributed by atoms with Crippen molar-refractivity contribution in [3.8, 4) is 0 Å². The quantitative estimate of drug-likeness (QED) is 0.795. The molecular weight excluding hydrogens is 334 g/mol. The Kier molecular flexibility index (Phi) is 6.17. The second-order valence-electron chi connectivity index (χ2n) is 7.90. The van der Waals surface area contributed by atoms with E-state index in [0.717, 1.165) is 37.2 Å². The summed E-state index contributed by atoms with van der Waals surface area (Å²) in [5.41, 5.74) is 4.31. The molecule has 3 rings (SSSR count). The lowest BCUT2D eigenvalue weighted by Crippen LogP contribution is -2.39. The molecule has 2 aromatic rings. The number of piperidine rings is 1. The fourth-order valence-electron chi connectivity index (χ4n) is 3.93. The van der Waals surface area contributed by atoms with Crippen LogP contribution in [-0.2, 0) is 6.54 Å². The minimum atomic E-state index is 0.140. The van der Waals surface area contributed by atoms with E-state index in [1.165, 1.54) is 17.5 Å². The van der Waals surface area contributed by atoms with Crippen molar-refractivity contribution in [1.82, 2.24) is 9.80 Å². The van der Waals surface area contributed by atoms with Crippen LogP contribution in [0.3, 0.4) is 0 Å². The predicted octanol–water partition coefficient (Wildman–Crippen LogP) is 4.18. The minimum Gasteiger partial charge on any atom is -0.377 e. The number of likely N-dealkylation sites (tertiary alicyclic amines) is 1. The zero-order valence-electron chi connectivity index (χ0n) is 17.0. The Morgan fingerprint density at radius 2 is 1.70 bits per heavy atom. The number of carbonyl (C=O) groups is 1. The first kappa shape index (κ1) is 19.4. The first-order chi connectivity index (χ1) is 13.0. The van der Waals surface area contributed by atoms with Crippen LogP contribution in [0, 0.1) is 0 Å². The van der Waals surface area contributed by atoms with Crippen LogP contribution in [0.25, 0.3) is 0 Å². The van der Waals surface area contributed by atoms with Gasteiger partial charge in [-0.3, -0.25) is 4.79 Å². The predicted molar refractivity (Wildman–Crippen MR) is 112 cm³/mol. The molecule has 0 aliphatic carbocycles. The van der Waals surface area contributed by atoms with E-state index in [0.29, 0.717) is 0 Å². The van der Waals surface area contributed by atoms with E-state index in [1.807, 2.05) is 43.3 Å². The lowest BCUT2D eigenvalue weighted by molar-refractivity contribution is 0.0612. The first-order valence-corrected chi connectivity index (χ1v) is 9.78. The van der Waals surface area contributed by atoms with Crippen LogP contribution < -0.4 is 4.90 Å². The van der Waals surface area contributed by atoms with Gasteiger partial charge >= 0.3 is 0 Å². The molecule has 1 heterocycles. The fourth-order valence-corrected chi connectivity index (χ4v) is 3.93. The SMILES string of the molecule is CN(C)Cc1ccc([C@@H]2CCCCN2C(=O)c2ccccc2N(C)C)cc1. The molecule has 27 heavy (non-hydrogen) atoms. The monoisotopic (exact) mass is 365 g/mol. The zero-order chi connectivity index (χ0) is 19.4. The van der Waals surface area contributed by atoms with Gasteiger partial charge in [0.05, 0.1) is 11.6 Å². The molecule has 0 N–H and O–H groups in total. The van der Waals surface area contributed by atoms with E-state index in [1.54, 1.807) is 0 Å². The van der Waals surface area contributed by atoms with Crippen LogP contribution in [0.5, 0.6) is 0 Å². The van der Waals surface area contributed by atoms with Crippen LogP contribution >= 0.6 is 0 Å². The summed E-state index contributed by atoms with van der Waals surface area (Å²) in [5, 5.41) is 0. The van der Waals surface area contributed by atoms with Gasteiger partial charge in [0.25, 0.3) is 5.91 Å². The zero-order valence-corrected chi connectivity index (χ0v) is 17.0. The highest BCUT2D eigenvalue weighted by Crippen LogP contribution is 2.33.